The summed E-state index contributed by atoms with van der Waals surface area (Å²) in [4.78, 5) is 55.3. The molecule has 3 atom stereocenters. The number of nitrogens with one attached hydrogen (secondary N) is 4. The molecule has 47 heavy (non-hydrogen) atoms. The van der Waals surface area contributed by atoms with Crippen molar-refractivity contribution in [3.63, 3.8) is 0 Å². The highest BCUT2D eigenvalue weighted by molar-refractivity contribution is 5.85. The lowest BCUT2D eigenvalue weighted by atomic mass is 9.96. The Morgan fingerprint density at radius 3 is 2.43 bits per heavy atom. The number of imidazole rings is 2. The molecular formula is C36H43N7O4. The van der Waals surface area contributed by atoms with Crippen LogP contribution in [0.3, 0.4) is 0 Å². The number of alkyl carbamates (subject to hydrolysis) is 1. The highest BCUT2D eigenvalue weighted by Gasteiger charge is 2.35. The van der Waals surface area contributed by atoms with Gasteiger partial charge in [-0.15, -0.1) is 0 Å². The summed E-state index contributed by atoms with van der Waals surface area (Å²) >= 11 is 0. The van der Waals surface area contributed by atoms with Gasteiger partial charge in [-0.3, -0.25) is 9.59 Å². The molecule has 2 aromatic heterocycles. The van der Waals surface area contributed by atoms with E-state index in [0.717, 1.165) is 58.6 Å². The molecule has 246 valence electrons. The molecule has 1 aliphatic heterocycles. The first-order chi connectivity index (χ1) is 22.5. The summed E-state index contributed by atoms with van der Waals surface area (Å²) < 4.78 is 4.62. The molecule has 5 rings (SSSR count). The molecule has 0 aliphatic carbocycles. The van der Waals surface area contributed by atoms with Crippen molar-refractivity contribution in [3.8, 4) is 23.1 Å². The largest absolute Gasteiger partial charge is 0.453 e. The number of benzene rings is 2. The van der Waals surface area contributed by atoms with E-state index in [1.807, 2.05) is 68.1 Å². The summed E-state index contributed by atoms with van der Waals surface area (Å²) in [6, 6.07) is 13.0. The van der Waals surface area contributed by atoms with Gasteiger partial charge in [0, 0.05) is 35.3 Å². The van der Waals surface area contributed by atoms with Crippen LogP contribution >= 0.6 is 0 Å². The Morgan fingerprint density at radius 2 is 1.72 bits per heavy atom. The average molecular weight is 638 g/mol. The predicted octanol–water partition coefficient (Wildman–Crippen LogP) is 5.31. The van der Waals surface area contributed by atoms with Crippen LogP contribution in [0.1, 0.15) is 76.3 Å². The number of methoxy groups -OCH3 is 1. The fourth-order valence-electron chi connectivity index (χ4n) is 5.59. The number of carbonyl (C=O) groups excluding carboxylic acids is 3. The first kappa shape index (κ1) is 33.3. The number of ether oxygens (including phenoxy) is 1. The van der Waals surface area contributed by atoms with Crippen LogP contribution in [-0.2, 0) is 20.9 Å². The second-order valence-corrected chi connectivity index (χ2v) is 12.7. The number of aromatic amines is 2. The number of hydrogen-bond acceptors (Lipinski definition) is 6. The van der Waals surface area contributed by atoms with Crippen LogP contribution in [0.2, 0.25) is 0 Å². The van der Waals surface area contributed by atoms with E-state index in [2.05, 4.69) is 56.0 Å². The minimum Gasteiger partial charge on any atom is -0.453 e. The number of aromatic nitrogens is 4. The van der Waals surface area contributed by atoms with Crippen LogP contribution < -0.4 is 10.6 Å². The molecule has 0 bridgehead atoms. The number of likely N-dealkylation sites (tertiary alicyclic amines) is 1. The molecule has 4 N–H and O–H groups in total. The van der Waals surface area contributed by atoms with E-state index in [0.29, 0.717) is 11.7 Å². The van der Waals surface area contributed by atoms with E-state index in [9.17, 15) is 14.4 Å². The van der Waals surface area contributed by atoms with Crippen LogP contribution in [-0.4, -0.2) is 62.4 Å². The molecule has 0 unspecified atom stereocenters. The van der Waals surface area contributed by atoms with Gasteiger partial charge in [0.2, 0.25) is 11.8 Å². The molecule has 4 aromatic rings. The van der Waals surface area contributed by atoms with Crippen molar-refractivity contribution in [2.75, 3.05) is 13.7 Å². The summed E-state index contributed by atoms with van der Waals surface area (Å²) in [5.74, 6) is 7.94. The lowest BCUT2D eigenvalue weighted by Crippen LogP contribution is -2.49. The van der Waals surface area contributed by atoms with Gasteiger partial charge in [0.25, 0.3) is 0 Å². The van der Waals surface area contributed by atoms with Crippen LogP contribution in [0.25, 0.3) is 22.3 Å². The molecule has 3 heterocycles. The van der Waals surface area contributed by atoms with E-state index >= 15 is 0 Å². The summed E-state index contributed by atoms with van der Waals surface area (Å²) in [5.41, 5.74) is 5.13. The second kappa shape index (κ2) is 14.5. The number of amides is 3. The third-order valence-electron chi connectivity index (χ3n) is 8.74. The van der Waals surface area contributed by atoms with Crippen molar-refractivity contribution in [2.45, 2.75) is 66.1 Å². The first-order valence-electron chi connectivity index (χ1n) is 16.1. The fraction of sp³-hybridized carbons (Fsp3) is 0.417. The zero-order chi connectivity index (χ0) is 33.7. The normalized spacial score (nSPS) is 15.7. The average Bonchev–Trinajstić information content (AvgIpc) is 3.84. The van der Waals surface area contributed by atoms with Gasteiger partial charge in [0.15, 0.2) is 0 Å². The topological polar surface area (TPSA) is 145 Å². The van der Waals surface area contributed by atoms with Crippen molar-refractivity contribution in [1.29, 1.82) is 0 Å². The zero-order valence-electron chi connectivity index (χ0n) is 27.8. The van der Waals surface area contributed by atoms with Crippen molar-refractivity contribution in [1.82, 2.24) is 35.5 Å². The number of H-pyrrole nitrogens is 2. The Balaban J connectivity index is 1.21. The maximum atomic E-state index is 13.1. The van der Waals surface area contributed by atoms with Crippen LogP contribution in [0.15, 0.2) is 48.7 Å². The van der Waals surface area contributed by atoms with Crippen LogP contribution in [0, 0.1) is 29.6 Å². The van der Waals surface area contributed by atoms with Crippen LogP contribution in [0.4, 0.5) is 4.79 Å². The SMILES string of the molecule is COC(=O)N[C@H](C(=O)NCc1nc(-c2ccc(C#Cc3ccc4[nH]c([C@@H]5CCCN5C(=O)[C@@H](C)C(C)C)nc4c3)cc2)c[nH]1)C(C)C. The number of rotatable bonds is 9. The maximum Gasteiger partial charge on any atom is 0.407 e. The quantitative estimate of drug-likeness (QED) is 0.183. The highest BCUT2D eigenvalue weighted by atomic mass is 16.5. The maximum absolute atomic E-state index is 13.1. The van der Waals surface area contributed by atoms with Gasteiger partial charge in [-0.2, -0.15) is 0 Å². The van der Waals surface area contributed by atoms with Crippen molar-refractivity contribution in [3.05, 3.63) is 71.4 Å². The Hall–Kier alpha value is -5.11. The van der Waals surface area contributed by atoms with Gasteiger partial charge in [-0.1, -0.05) is 58.6 Å². The Labute approximate surface area is 275 Å². The number of nitrogens with zero attached hydrogens (tertiary/aromatic N) is 3. The fourth-order valence-corrected chi connectivity index (χ4v) is 5.59. The Bertz CT molecular complexity index is 1790. The lowest BCUT2D eigenvalue weighted by Gasteiger charge is -2.27. The molecule has 0 radical (unpaired) electrons. The van der Waals surface area contributed by atoms with E-state index in [4.69, 9.17) is 4.98 Å². The van der Waals surface area contributed by atoms with Gasteiger partial charge < -0.3 is 30.2 Å². The van der Waals surface area contributed by atoms with Crippen LogP contribution in [0.5, 0.6) is 0 Å². The zero-order valence-corrected chi connectivity index (χ0v) is 27.8. The Morgan fingerprint density at radius 1 is 1.00 bits per heavy atom. The smallest absolute Gasteiger partial charge is 0.407 e. The van der Waals surface area contributed by atoms with E-state index in [-0.39, 0.29) is 36.2 Å². The molecule has 1 saturated heterocycles. The van der Waals surface area contributed by atoms with Crippen molar-refractivity contribution >= 4 is 28.9 Å². The summed E-state index contributed by atoms with van der Waals surface area (Å²) in [5, 5.41) is 5.37. The third kappa shape index (κ3) is 7.83. The van der Waals surface area contributed by atoms with E-state index in [1.54, 1.807) is 6.20 Å². The molecule has 1 aliphatic rings. The van der Waals surface area contributed by atoms with E-state index < -0.39 is 12.1 Å². The molecular weight excluding hydrogens is 594 g/mol. The van der Waals surface area contributed by atoms with Gasteiger partial charge in [-0.25, -0.2) is 14.8 Å². The summed E-state index contributed by atoms with van der Waals surface area (Å²) in [6.45, 7) is 10.8. The van der Waals surface area contributed by atoms with Crippen molar-refractivity contribution in [2.24, 2.45) is 17.8 Å². The predicted molar refractivity (Wildman–Crippen MR) is 180 cm³/mol. The van der Waals surface area contributed by atoms with Gasteiger partial charge in [-0.05, 0) is 55.0 Å². The third-order valence-corrected chi connectivity index (χ3v) is 8.74. The second-order valence-electron chi connectivity index (χ2n) is 12.7. The number of hydrogen-bond donors (Lipinski definition) is 4. The van der Waals surface area contributed by atoms with Gasteiger partial charge in [0.05, 0.1) is 36.4 Å². The molecule has 11 heteroatoms. The number of carbonyl (C=O) groups is 3. The molecule has 0 saturated carbocycles. The molecule has 11 nitrogen and oxygen atoms in total. The van der Waals surface area contributed by atoms with E-state index in [1.165, 1.54) is 7.11 Å². The van der Waals surface area contributed by atoms with Crippen molar-refractivity contribution < 1.29 is 19.1 Å². The monoisotopic (exact) mass is 637 g/mol. The standard InChI is InChI=1S/C36H43N7O4/c1-21(2)23(5)35(45)43-17-7-8-30(43)33-40-27-16-13-25(18-28(27)41-33)10-9-24-11-14-26(15-12-24)29-19-37-31(39-29)20-38-34(44)32(22(3)4)42-36(46)47-6/h11-16,18-19,21-23,30,32H,7-8,17,20H2,1-6H3,(H,37,39)(H,38,44)(H,40,41)(H,42,46)/t23-,30-,32-/m0/s1. The Kier molecular flexibility index (Phi) is 10.3. The first-order valence-corrected chi connectivity index (χ1v) is 16.1. The molecule has 1 fully saturated rings. The summed E-state index contributed by atoms with van der Waals surface area (Å²) in [7, 11) is 1.26. The molecule has 3 amide bonds. The molecule has 2 aromatic carbocycles. The highest BCUT2D eigenvalue weighted by Crippen LogP contribution is 2.33. The van der Waals surface area contributed by atoms with Gasteiger partial charge in [0.1, 0.15) is 17.7 Å². The molecule has 0 spiro atoms. The minimum absolute atomic E-state index is 0.0194. The minimum atomic E-state index is -0.720. The van der Waals surface area contributed by atoms with Gasteiger partial charge >= 0.3 is 6.09 Å². The lowest BCUT2D eigenvalue weighted by molar-refractivity contribution is -0.137. The number of fused-ring (bicyclic) bond motifs is 1. The summed E-state index contributed by atoms with van der Waals surface area (Å²) in [6.07, 6.45) is 3.01.